The maximum atomic E-state index is 4.12. The molecule has 1 fully saturated rings. The highest BCUT2D eigenvalue weighted by Gasteiger charge is 2.42. The summed E-state index contributed by atoms with van der Waals surface area (Å²) in [6.07, 6.45) is 10.1. The van der Waals surface area contributed by atoms with Crippen LogP contribution in [0.2, 0.25) is 0 Å². The molecule has 1 aliphatic carbocycles. The van der Waals surface area contributed by atoms with Crippen LogP contribution in [-0.4, -0.2) is 42.6 Å². The molecule has 3 nitrogen and oxygen atoms in total. The molecule has 0 radical (unpaired) electrons. The fraction of sp³-hybridized carbons (Fsp3) is 0.706. The van der Waals surface area contributed by atoms with Crippen molar-refractivity contribution in [2.75, 3.05) is 21.1 Å². The molecule has 1 heterocycles. The summed E-state index contributed by atoms with van der Waals surface area (Å²) in [5, 5.41) is 3.60. The molecular formula is C17H29N3. The molecule has 0 aromatic carbocycles. The van der Waals surface area contributed by atoms with Crippen LogP contribution in [-0.2, 0) is 6.42 Å². The van der Waals surface area contributed by atoms with Gasteiger partial charge in [0.15, 0.2) is 0 Å². The fourth-order valence-corrected chi connectivity index (χ4v) is 3.68. The highest BCUT2D eigenvalue weighted by Crippen LogP contribution is 2.38. The van der Waals surface area contributed by atoms with Gasteiger partial charge in [0.2, 0.25) is 0 Å². The summed E-state index contributed by atoms with van der Waals surface area (Å²) in [4.78, 5) is 6.58. The Kier molecular flexibility index (Phi) is 5.17. The first-order valence-corrected chi connectivity index (χ1v) is 7.82. The molecule has 1 N–H and O–H groups in total. The van der Waals surface area contributed by atoms with E-state index in [0.29, 0.717) is 6.04 Å². The molecule has 0 bridgehead atoms. The predicted molar refractivity (Wildman–Crippen MR) is 84.8 cm³/mol. The van der Waals surface area contributed by atoms with Crippen LogP contribution in [0.3, 0.4) is 0 Å². The predicted octanol–water partition coefficient (Wildman–Crippen LogP) is 2.72. The van der Waals surface area contributed by atoms with Crippen molar-refractivity contribution in [2.24, 2.45) is 5.92 Å². The van der Waals surface area contributed by atoms with Crippen molar-refractivity contribution in [1.82, 2.24) is 15.2 Å². The van der Waals surface area contributed by atoms with E-state index in [2.05, 4.69) is 55.4 Å². The van der Waals surface area contributed by atoms with E-state index in [0.717, 1.165) is 12.3 Å². The molecule has 1 saturated carbocycles. The van der Waals surface area contributed by atoms with Crippen LogP contribution in [0.4, 0.5) is 0 Å². The van der Waals surface area contributed by atoms with Gasteiger partial charge in [-0.15, -0.1) is 0 Å². The lowest BCUT2D eigenvalue weighted by Crippen LogP contribution is -2.60. The number of likely N-dealkylation sites (N-methyl/N-ethyl adjacent to an activating group) is 2. The van der Waals surface area contributed by atoms with Crippen LogP contribution in [0.25, 0.3) is 0 Å². The monoisotopic (exact) mass is 275 g/mol. The molecule has 1 aromatic heterocycles. The molecule has 0 spiro atoms. The molecule has 2 rings (SSSR count). The molecule has 1 aliphatic rings. The molecule has 0 aliphatic heterocycles. The lowest BCUT2D eigenvalue weighted by atomic mass is 9.70. The third-order valence-electron chi connectivity index (χ3n) is 5.22. The minimum atomic E-state index is 0.282. The summed E-state index contributed by atoms with van der Waals surface area (Å²) in [7, 11) is 6.59. The third kappa shape index (κ3) is 3.21. The Labute approximate surface area is 123 Å². The van der Waals surface area contributed by atoms with Crippen molar-refractivity contribution in [3.05, 3.63) is 30.1 Å². The fourth-order valence-electron chi connectivity index (χ4n) is 3.68. The Morgan fingerprint density at radius 1 is 1.30 bits per heavy atom. The average Bonchev–Trinajstić information content (AvgIpc) is 2.47. The van der Waals surface area contributed by atoms with Crippen LogP contribution in [0.5, 0.6) is 0 Å². The topological polar surface area (TPSA) is 28.2 Å². The molecule has 3 heteroatoms. The molecule has 20 heavy (non-hydrogen) atoms. The van der Waals surface area contributed by atoms with Crippen LogP contribution in [0.1, 0.15) is 38.2 Å². The number of aromatic nitrogens is 1. The van der Waals surface area contributed by atoms with Gasteiger partial charge in [0.25, 0.3) is 0 Å². The van der Waals surface area contributed by atoms with Crippen LogP contribution in [0, 0.1) is 5.92 Å². The van der Waals surface area contributed by atoms with Crippen LogP contribution >= 0.6 is 0 Å². The van der Waals surface area contributed by atoms with Gasteiger partial charge in [-0.05, 0) is 76.9 Å². The summed E-state index contributed by atoms with van der Waals surface area (Å²) >= 11 is 0. The Morgan fingerprint density at radius 3 is 2.40 bits per heavy atom. The molecule has 0 saturated heterocycles. The van der Waals surface area contributed by atoms with Crippen molar-refractivity contribution in [1.29, 1.82) is 0 Å². The van der Waals surface area contributed by atoms with Crippen molar-refractivity contribution in [3.8, 4) is 0 Å². The number of nitrogens with one attached hydrogen (secondary N) is 1. The molecule has 1 atom stereocenters. The summed E-state index contributed by atoms with van der Waals surface area (Å²) in [5.41, 5.74) is 1.66. The maximum absolute atomic E-state index is 4.12. The van der Waals surface area contributed by atoms with E-state index in [4.69, 9.17) is 0 Å². The van der Waals surface area contributed by atoms with E-state index < -0.39 is 0 Å². The summed E-state index contributed by atoms with van der Waals surface area (Å²) < 4.78 is 0. The normalized spacial score (nSPS) is 28.6. The summed E-state index contributed by atoms with van der Waals surface area (Å²) in [6.45, 7) is 2.39. The largest absolute Gasteiger partial charge is 0.315 e. The third-order valence-corrected chi connectivity index (χ3v) is 5.22. The number of nitrogens with zero attached hydrogens (tertiary/aromatic N) is 2. The van der Waals surface area contributed by atoms with Crippen molar-refractivity contribution in [3.63, 3.8) is 0 Å². The van der Waals surface area contributed by atoms with Crippen LogP contribution in [0.15, 0.2) is 24.5 Å². The minimum absolute atomic E-state index is 0.282. The Bertz CT molecular complexity index is 394. The van der Waals surface area contributed by atoms with E-state index in [-0.39, 0.29) is 5.54 Å². The number of rotatable bonds is 5. The number of hydrogen-bond donors (Lipinski definition) is 1. The number of pyridine rings is 1. The molecule has 1 unspecified atom stereocenters. The Morgan fingerprint density at radius 2 is 1.90 bits per heavy atom. The molecule has 0 amide bonds. The highest BCUT2D eigenvalue weighted by atomic mass is 15.2. The van der Waals surface area contributed by atoms with Gasteiger partial charge in [-0.3, -0.25) is 4.98 Å². The second-order valence-electron chi connectivity index (χ2n) is 6.58. The van der Waals surface area contributed by atoms with Gasteiger partial charge in [0.05, 0.1) is 0 Å². The minimum Gasteiger partial charge on any atom is -0.315 e. The second kappa shape index (κ2) is 6.68. The standard InChI is InChI=1S/C17H29N3/c1-14-5-9-17(10-6-14,20(3)4)16(18-2)13-15-7-11-19-12-8-15/h7-8,11-12,14,16,18H,5-6,9-10,13H2,1-4H3. The van der Waals surface area contributed by atoms with E-state index >= 15 is 0 Å². The van der Waals surface area contributed by atoms with E-state index in [9.17, 15) is 0 Å². The lowest BCUT2D eigenvalue weighted by Gasteiger charge is -2.50. The molecule has 1 aromatic rings. The quantitative estimate of drug-likeness (QED) is 0.895. The van der Waals surface area contributed by atoms with E-state index in [1.165, 1.54) is 31.2 Å². The molecular weight excluding hydrogens is 246 g/mol. The summed E-state index contributed by atoms with van der Waals surface area (Å²) in [5.74, 6) is 0.876. The summed E-state index contributed by atoms with van der Waals surface area (Å²) in [6, 6.07) is 4.77. The smallest absolute Gasteiger partial charge is 0.0359 e. The van der Waals surface area contributed by atoms with Gasteiger partial charge in [-0.1, -0.05) is 6.92 Å². The first kappa shape index (κ1) is 15.5. The van der Waals surface area contributed by atoms with Crippen molar-refractivity contribution in [2.45, 2.75) is 50.6 Å². The van der Waals surface area contributed by atoms with Crippen molar-refractivity contribution >= 4 is 0 Å². The zero-order valence-electron chi connectivity index (χ0n) is 13.4. The highest BCUT2D eigenvalue weighted by molar-refractivity contribution is 5.15. The second-order valence-corrected chi connectivity index (χ2v) is 6.58. The van der Waals surface area contributed by atoms with Crippen LogP contribution < -0.4 is 5.32 Å². The van der Waals surface area contributed by atoms with Gasteiger partial charge in [-0.25, -0.2) is 0 Å². The SMILES string of the molecule is CNC(Cc1ccncc1)C1(N(C)C)CCC(C)CC1. The Balaban J connectivity index is 2.17. The van der Waals surface area contributed by atoms with Gasteiger partial charge < -0.3 is 10.2 Å². The zero-order valence-corrected chi connectivity index (χ0v) is 13.4. The maximum Gasteiger partial charge on any atom is 0.0359 e. The van der Waals surface area contributed by atoms with Gasteiger partial charge in [0, 0.05) is 24.0 Å². The number of hydrogen-bond acceptors (Lipinski definition) is 3. The van der Waals surface area contributed by atoms with E-state index in [1.54, 1.807) is 0 Å². The Hall–Kier alpha value is -0.930. The van der Waals surface area contributed by atoms with Gasteiger partial charge in [-0.2, -0.15) is 0 Å². The zero-order chi connectivity index (χ0) is 14.6. The van der Waals surface area contributed by atoms with Crippen molar-refractivity contribution < 1.29 is 0 Å². The first-order chi connectivity index (χ1) is 9.58. The van der Waals surface area contributed by atoms with Gasteiger partial charge >= 0.3 is 0 Å². The molecule has 112 valence electrons. The van der Waals surface area contributed by atoms with E-state index in [1.807, 2.05) is 12.4 Å². The average molecular weight is 275 g/mol. The first-order valence-electron chi connectivity index (χ1n) is 7.82. The lowest BCUT2D eigenvalue weighted by molar-refractivity contribution is 0.0461. The van der Waals surface area contributed by atoms with Gasteiger partial charge in [0.1, 0.15) is 0 Å².